The van der Waals surface area contributed by atoms with E-state index in [4.69, 9.17) is 4.52 Å². The molecule has 1 aliphatic rings. The molecule has 1 N–H and O–H groups in total. The quantitative estimate of drug-likeness (QED) is 0.825. The molecule has 1 saturated carbocycles. The number of aromatic nitrogens is 2. The van der Waals surface area contributed by atoms with Crippen LogP contribution in [0.25, 0.3) is 0 Å². The Labute approximate surface area is 108 Å². The SMILES string of the molecule is Cc1nc(CCNC2CCCCCC2C#N)no1. The van der Waals surface area contributed by atoms with Crippen molar-refractivity contribution in [3.05, 3.63) is 11.7 Å². The van der Waals surface area contributed by atoms with Gasteiger partial charge in [0.1, 0.15) is 0 Å². The molecule has 2 unspecified atom stereocenters. The van der Waals surface area contributed by atoms with Gasteiger partial charge >= 0.3 is 0 Å². The summed E-state index contributed by atoms with van der Waals surface area (Å²) in [6.07, 6.45) is 6.53. The van der Waals surface area contributed by atoms with Gasteiger partial charge in [-0.05, 0) is 12.8 Å². The second kappa shape index (κ2) is 6.50. The van der Waals surface area contributed by atoms with E-state index in [2.05, 4.69) is 21.5 Å². The molecule has 0 saturated heterocycles. The van der Waals surface area contributed by atoms with E-state index in [-0.39, 0.29) is 5.92 Å². The van der Waals surface area contributed by atoms with E-state index >= 15 is 0 Å². The normalized spacial score (nSPS) is 24.4. The summed E-state index contributed by atoms with van der Waals surface area (Å²) in [6.45, 7) is 2.60. The minimum absolute atomic E-state index is 0.152. The molecule has 1 aromatic heterocycles. The zero-order valence-corrected chi connectivity index (χ0v) is 10.9. The lowest BCUT2D eigenvalue weighted by Crippen LogP contribution is -2.36. The highest BCUT2D eigenvalue weighted by Crippen LogP contribution is 2.22. The maximum Gasteiger partial charge on any atom is 0.223 e. The van der Waals surface area contributed by atoms with Crippen molar-refractivity contribution in [3.8, 4) is 6.07 Å². The first kappa shape index (κ1) is 13.0. The number of nitriles is 1. The van der Waals surface area contributed by atoms with Crippen LogP contribution in [0.3, 0.4) is 0 Å². The van der Waals surface area contributed by atoms with Gasteiger partial charge in [-0.3, -0.25) is 0 Å². The standard InChI is InChI=1S/C13H20N4O/c1-10-16-13(17-18-10)7-8-15-12-6-4-2-3-5-11(12)9-14/h11-12,15H,2-8H2,1H3. The summed E-state index contributed by atoms with van der Waals surface area (Å²) in [5.74, 6) is 1.50. The molecular weight excluding hydrogens is 228 g/mol. The van der Waals surface area contributed by atoms with E-state index in [1.54, 1.807) is 6.92 Å². The Kier molecular flexibility index (Phi) is 4.71. The van der Waals surface area contributed by atoms with Crippen molar-refractivity contribution in [1.82, 2.24) is 15.5 Å². The Balaban J connectivity index is 1.79. The first-order chi connectivity index (χ1) is 8.79. The fourth-order valence-corrected chi connectivity index (χ4v) is 2.52. The molecule has 1 heterocycles. The van der Waals surface area contributed by atoms with Gasteiger partial charge in [0.05, 0.1) is 12.0 Å². The van der Waals surface area contributed by atoms with Crippen molar-refractivity contribution in [2.24, 2.45) is 5.92 Å². The van der Waals surface area contributed by atoms with Crippen molar-refractivity contribution in [2.45, 2.75) is 51.5 Å². The van der Waals surface area contributed by atoms with Crippen LogP contribution in [0.1, 0.15) is 43.8 Å². The molecule has 1 fully saturated rings. The van der Waals surface area contributed by atoms with E-state index in [0.29, 0.717) is 11.9 Å². The minimum Gasteiger partial charge on any atom is -0.340 e. The van der Waals surface area contributed by atoms with Crippen LogP contribution in [-0.4, -0.2) is 22.7 Å². The van der Waals surface area contributed by atoms with Gasteiger partial charge in [-0.25, -0.2) is 0 Å². The molecule has 18 heavy (non-hydrogen) atoms. The van der Waals surface area contributed by atoms with Crippen LogP contribution in [0.4, 0.5) is 0 Å². The molecule has 98 valence electrons. The summed E-state index contributed by atoms with van der Waals surface area (Å²) in [6, 6.07) is 2.76. The maximum atomic E-state index is 9.18. The van der Waals surface area contributed by atoms with Gasteiger partial charge in [-0.15, -0.1) is 0 Å². The largest absolute Gasteiger partial charge is 0.340 e. The summed E-state index contributed by atoms with van der Waals surface area (Å²) < 4.78 is 4.93. The van der Waals surface area contributed by atoms with Crippen molar-refractivity contribution in [3.63, 3.8) is 0 Å². The molecule has 0 radical (unpaired) electrons. The van der Waals surface area contributed by atoms with Crippen LogP contribution in [-0.2, 0) is 6.42 Å². The third-order valence-electron chi connectivity index (χ3n) is 3.51. The summed E-state index contributed by atoms with van der Waals surface area (Å²) in [5, 5.41) is 16.5. The Hall–Kier alpha value is -1.41. The van der Waals surface area contributed by atoms with Crippen LogP contribution >= 0.6 is 0 Å². The lowest BCUT2D eigenvalue weighted by molar-refractivity contribution is 0.379. The van der Waals surface area contributed by atoms with Gasteiger partial charge in [-0.2, -0.15) is 10.2 Å². The fraction of sp³-hybridized carbons (Fsp3) is 0.769. The molecular formula is C13H20N4O. The van der Waals surface area contributed by atoms with Crippen LogP contribution in [0, 0.1) is 24.2 Å². The number of rotatable bonds is 4. The first-order valence-corrected chi connectivity index (χ1v) is 6.72. The Morgan fingerprint density at radius 3 is 2.94 bits per heavy atom. The predicted octanol–water partition coefficient (Wildman–Crippen LogP) is 1.98. The van der Waals surface area contributed by atoms with Gasteiger partial charge in [0.15, 0.2) is 5.82 Å². The summed E-state index contributed by atoms with van der Waals surface area (Å²) in [7, 11) is 0. The molecule has 0 aromatic carbocycles. The number of aryl methyl sites for hydroxylation is 1. The van der Waals surface area contributed by atoms with Crippen LogP contribution in [0.5, 0.6) is 0 Å². The third kappa shape index (κ3) is 3.54. The average Bonchev–Trinajstić information content (AvgIpc) is 2.64. The molecule has 0 amide bonds. The smallest absolute Gasteiger partial charge is 0.223 e. The summed E-state index contributed by atoms with van der Waals surface area (Å²) >= 11 is 0. The van der Waals surface area contributed by atoms with Crippen molar-refractivity contribution < 1.29 is 4.52 Å². The van der Waals surface area contributed by atoms with Gasteiger partial charge in [0.2, 0.25) is 5.89 Å². The Bertz CT molecular complexity index is 409. The highest BCUT2D eigenvalue weighted by atomic mass is 16.5. The Morgan fingerprint density at radius 2 is 2.22 bits per heavy atom. The zero-order valence-electron chi connectivity index (χ0n) is 10.9. The van der Waals surface area contributed by atoms with Crippen LogP contribution in [0.2, 0.25) is 0 Å². The lowest BCUT2D eigenvalue weighted by Gasteiger charge is -2.20. The highest BCUT2D eigenvalue weighted by molar-refractivity contribution is 4.94. The van der Waals surface area contributed by atoms with Crippen LogP contribution < -0.4 is 5.32 Å². The molecule has 0 aliphatic heterocycles. The fourth-order valence-electron chi connectivity index (χ4n) is 2.52. The molecule has 0 bridgehead atoms. The molecule has 5 nitrogen and oxygen atoms in total. The second-order valence-corrected chi connectivity index (χ2v) is 4.91. The van der Waals surface area contributed by atoms with Crippen molar-refractivity contribution >= 4 is 0 Å². The Morgan fingerprint density at radius 1 is 1.39 bits per heavy atom. The molecule has 2 atom stereocenters. The minimum atomic E-state index is 0.152. The van der Waals surface area contributed by atoms with Gasteiger partial charge in [-0.1, -0.05) is 24.4 Å². The molecule has 2 rings (SSSR count). The van der Waals surface area contributed by atoms with E-state index in [0.717, 1.165) is 31.6 Å². The summed E-state index contributed by atoms with van der Waals surface area (Å²) in [4.78, 5) is 4.17. The molecule has 0 spiro atoms. The third-order valence-corrected chi connectivity index (χ3v) is 3.51. The second-order valence-electron chi connectivity index (χ2n) is 4.91. The number of hydrogen-bond acceptors (Lipinski definition) is 5. The predicted molar refractivity (Wildman–Crippen MR) is 66.7 cm³/mol. The van der Waals surface area contributed by atoms with E-state index in [9.17, 15) is 5.26 Å². The summed E-state index contributed by atoms with van der Waals surface area (Å²) in [5.41, 5.74) is 0. The highest BCUT2D eigenvalue weighted by Gasteiger charge is 2.22. The zero-order chi connectivity index (χ0) is 12.8. The number of nitrogens with zero attached hydrogens (tertiary/aromatic N) is 3. The van der Waals surface area contributed by atoms with Crippen molar-refractivity contribution in [2.75, 3.05) is 6.54 Å². The maximum absolute atomic E-state index is 9.18. The molecule has 5 heteroatoms. The van der Waals surface area contributed by atoms with Crippen molar-refractivity contribution in [1.29, 1.82) is 5.26 Å². The lowest BCUT2D eigenvalue weighted by atomic mass is 9.96. The van der Waals surface area contributed by atoms with Gasteiger partial charge in [0.25, 0.3) is 0 Å². The number of hydrogen-bond donors (Lipinski definition) is 1. The van der Waals surface area contributed by atoms with E-state index < -0.39 is 0 Å². The first-order valence-electron chi connectivity index (χ1n) is 6.72. The van der Waals surface area contributed by atoms with Gasteiger partial charge in [0, 0.05) is 25.9 Å². The monoisotopic (exact) mass is 248 g/mol. The van der Waals surface area contributed by atoms with Gasteiger partial charge < -0.3 is 9.84 Å². The van der Waals surface area contributed by atoms with Crippen LogP contribution in [0.15, 0.2) is 4.52 Å². The van der Waals surface area contributed by atoms with E-state index in [1.165, 1.54) is 19.3 Å². The number of nitrogens with one attached hydrogen (secondary N) is 1. The average molecular weight is 248 g/mol. The molecule has 1 aliphatic carbocycles. The topological polar surface area (TPSA) is 74.7 Å². The molecule has 1 aromatic rings. The van der Waals surface area contributed by atoms with E-state index in [1.807, 2.05) is 0 Å².